The molecule has 21 heavy (non-hydrogen) atoms. The van der Waals surface area contributed by atoms with Gasteiger partial charge in [-0.05, 0) is 19.8 Å². The molecular weight excluding hydrogens is 296 g/mol. The first-order valence-corrected chi connectivity index (χ1v) is 8.21. The molecule has 1 saturated carbocycles. The van der Waals surface area contributed by atoms with Crippen molar-refractivity contribution in [1.29, 1.82) is 0 Å². The third-order valence-corrected chi connectivity index (χ3v) is 5.72. The van der Waals surface area contributed by atoms with E-state index in [1.54, 1.807) is 0 Å². The smallest absolute Gasteiger partial charge is 0.344 e. The Balaban J connectivity index is 2.30. The van der Waals surface area contributed by atoms with Gasteiger partial charge in [0.25, 0.3) is 0 Å². The molecule has 1 aromatic rings. The predicted octanol–water partition coefficient (Wildman–Crippen LogP) is 0.588. The highest BCUT2D eigenvalue weighted by Gasteiger charge is 2.40. The first kappa shape index (κ1) is 15.8. The Bertz CT molecular complexity index is 642. The van der Waals surface area contributed by atoms with Crippen LogP contribution in [0.2, 0.25) is 0 Å². The van der Waals surface area contributed by atoms with Gasteiger partial charge in [0.1, 0.15) is 5.69 Å². The fraction of sp³-hybridized carbons (Fsp3) is 0.615. The molecule has 0 aromatic carbocycles. The van der Waals surface area contributed by atoms with E-state index in [0.29, 0.717) is 18.5 Å². The van der Waals surface area contributed by atoms with Crippen LogP contribution in [0.4, 0.5) is 0 Å². The van der Waals surface area contributed by atoms with Crippen LogP contribution in [0, 0.1) is 0 Å². The normalized spacial score (nSPS) is 18.0. The number of methoxy groups -OCH3 is 2. The number of rotatable bonds is 6. The second-order valence-corrected chi connectivity index (χ2v) is 7.41. The fourth-order valence-corrected chi connectivity index (χ4v) is 3.59. The van der Waals surface area contributed by atoms with E-state index in [0.717, 1.165) is 0 Å². The van der Waals surface area contributed by atoms with Crippen molar-refractivity contribution in [3.8, 4) is 0 Å². The molecule has 116 valence electrons. The van der Waals surface area contributed by atoms with Gasteiger partial charge in [-0.15, -0.1) is 0 Å². The molecule has 1 aliphatic rings. The quantitative estimate of drug-likeness (QED) is 0.709. The third kappa shape index (κ3) is 3.21. The lowest BCUT2D eigenvalue weighted by atomic mass is 10.0. The summed E-state index contributed by atoms with van der Waals surface area (Å²) in [5, 5.41) is -0.266. The van der Waals surface area contributed by atoms with Crippen molar-refractivity contribution >= 4 is 15.8 Å². The number of hydrogen-bond donors (Lipinski definition) is 0. The second kappa shape index (κ2) is 5.69. The molecule has 8 heteroatoms. The zero-order valence-corrected chi connectivity index (χ0v) is 13.0. The van der Waals surface area contributed by atoms with Crippen LogP contribution in [0.25, 0.3) is 0 Å². The molecule has 0 amide bonds. The highest BCUT2D eigenvalue weighted by Crippen LogP contribution is 2.31. The van der Waals surface area contributed by atoms with Crippen LogP contribution in [0.15, 0.2) is 12.4 Å². The number of sulfone groups is 1. The minimum absolute atomic E-state index is 0.181. The Kier molecular flexibility index (Phi) is 4.29. The van der Waals surface area contributed by atoms with Crippen LogP contribution in [-0.2, 0) is 35.5 Å². The molecule has 2 rings (SSSR count). The Morgan fingerprint density at radius 1 is 1.38 bits per heavy atom. The van der Waals surface area contributed by atoms with Crippen molar-refractivity contribution in [3.05, 3.63) is 23.8 Å². The maximum absolute atomic E-state index is 12.0. The number of esters is 1. The van der Waals surface area contributed by atoms with Crippen molar-refractivity contribution in [2.45, 2.75) is 36.4 Å². The molecule has 0 N–H and O–H groups in total. The van der Waals surface area contributed by atoms with Gasteiger partial charge in [0.15, 0.2) is 9.84 Å². The predicted molar refractivity (Wildman–Crippen MR) is 74.1 cm³/mol. The Hall–Kier alpha value is -1.54. The minimum Gasteiger partial charge on any atom is -0.467 e. The minimum atomic E-state index is -3.19. The lowest BCUT2D eigenvalue weighted by Crippen LogP contribution is -2.37. The molecule has 1 aliphatic carbocycles. The van der Waals surface area contributed by atoms with E-state index in [4.69, 9.17) is 9.47 Å². The summed E-state index contributed by atoms with van der Waals surface area (Å²) < 4.78 is 33.9. The van der Waals surface area contributed by atoms with Crippen molar-refractivity contribution in [3.63, 3.8) is 0 Å². The monoisotopic (exact) mass is 314 g/mol. The molecule has 1 heterocycles. The van der Waals surface area contributed by atoms with Crippen LogP contribution in [0.5, 0.6) is 0 Å². The van der Waals surface area contributed by atoms with E-state index < -0.39 is 21.4 Å². The van der Waals surface area contributed by atoms with E-state index in [1.807, 2.05) is 0 Å². The highest BCUT2D eigenvalue weighted by molar-refractivity contribution is 7.91. The number of nitrogens with zero attached hydrogens (tertiary/aromatic N) is 2. The zero-order valence-electron chi connectivity index (χ0n) is 12.2. The van der Waals surface area contributed by atoms with Gasteiger partial charge in [-0.3, -0.25) is 4.98 Å². The molecule has 1 atom stereocenters. The molecule has 1 aromatic heterocycles. The maximum atomic E-state index is 12.0. The van der Waals surface area contributed by atoms with Crippen LogP contribution in [0.1, 0.15) is 31.2 Å². The Morgan fingerprint density at radius 2 is 2.05 bits per heavy atom. The van der Waals surface area contributed by atoms with Gasteiger partial charge >= 0.3 is 5.97 Å². The first-order valence-electron chi connectivity index (χ1n) is 6.50. The highest BCUT2D eigenvalue weighted by atomic mass is 32.2. The van der Waals surface area contributed by atoms with E-state index in [9.17, 15) is 13.2 Å². The van der Waals surface area contributed by atoms with Crippen LogP contribution in [-0.4, -0.2) is 43.8 Å². The second-order valence-electron chi connectivity index (χ2n) is 5.13. The Labute approximate surface area is 123 Å². The molecule has 1 unspecified atom stereocenters. The van der Waals surface area contributed by atoms with Crippen molar-refractivity contribution < 1.29 is 22.7 Å². The Morgan fingerprint density at radius 3 is 2.57 bits per heavy atom. The number of carbonyl (C=O) groups is 1. The summed E-state index contributed by atoms with van der Waals surface area (Å²) in [6.45, 7) is 1.50. The third-order valence-electron chi connectivity index (χ3n) is 3.54. The van der Waals surface area contributed by atoms with Crippen LogP contribution < -0.4 is 0 Å². The average molecular weight is 314 g/mol. The van der Waals surface area contributed by atoms with Gasteiger partial charge < -0.3 is 9.47 Å². The molecule has 7 nitrogen and oxygen atoms in total. The summed E-state index contributed by atoms with van der Waals surface area (Å²) in [5.41, 5.74) is -0.895. The topological polar surface area (TPSA) is 95.5 Å². The van der Waals surface area contributed by atoms with E-state index in [1.165, 1.54) is 33.5 Å². The molecular formula is C13H18N2O5S. The summed E-state index contributed by atoms with van der Waals surface area (Å²) in [6, 6.07) is 0. The first-order chi connectivity index (χ1) is 9.83. The van der Waals surface area contributed by atoms with E-state index in [-0.39, 0.29) is 16.7 Å². The lowest BCUT2D eigenvalue weighted by Gasteiger charge is -2.24. The van der Waals surface area contributed by atoms with Gasteiger partial charge in [0, 0.05) is 13.3 Å². The van der Waals surface area contributed by atoms with Gasteiger partial charge in [0.2, 0.25) is 5.60 Å². The summed E-state index contributed by atoms with van der Waals surface area (Å²) in [4.78, 5) is 20.0. The van der Waals surface area contributed by atoms with Gasteiger partial charge in [-0.2, -0.15) is 0 Å². The molecule has 0 spiro atoms. The maximum Gasteiger partial charge on any atom is 0.344 e. The number of hydrogen-bond acceptors (Lipinski definition) is 7. The van der Waals surface area contributed by atoms with E-state index >= 15 is 0 Å². The summed E-state index contributed by atoms with van der Waals surface area (Å²) in [5.74, 6) is -0.805. The van der Waals surface area contributed by atoms with Crippen molar-refractivity contribution in [2.24, 2.45) is 0 Å². The van der Waals surface area contributed by atoms with Crippen LogP contribution >= 0.6 is 0 Å². The SMILES string of the molecule is COC(=O)C(C)(OC)c1cncc(CS(=O)(=O)C2CC2)n1. The molecule has 0 aliphatic heterocycles. The summed E-state index contributed by atoms with van der Waals surface area (Å²) in [6.07, 6.45) is 4.16. The standard InChI is InChI=1S/C13H18N2O5S/c1-13(20-3,12(16)19-2)11-7-14-6-9(15-11)8-21(17,18)10-4-5-10/h6-7,10H,4-5,8H2,1-3H3. The van der Waals surface area contributed by atoms with Gasteiger partial charge in [0.05, 0.1) is 30.0 Å². The number of ether oxygens (including phenoxy) is 2. The van der Waals surface area contributed by atoms with Crippen molar-refractivity contribution in [1.82, 2.24) is 9.97 Å². The molecule has 0 radical (unpaired) electrons. The zero-order chi connectivity index (χ0) is 15.7. The van der Waals surface area contributed by atoms with E-state index in [2.05, 4.69) is 9.97 Å². The lowest BCUT2D eigenvalue weighted by molar-refractivity contribution is -0.165. The molecule has 0 bridgehead atoms. The molecule has 0 saturated heterocycles. The summed E-state index contributed by atoms with van der Waals surface area (Å²) >= 11 is 0. The fourth-order valence-electron chi connectivity index (χ4n) is 1.94. The van der Waals surface area contributed by atoms with Crippen molar-refractivity contribution in [2.75, 3.05) is 14.2 Å². The van der Waals surface area contributed by atoms with Gasteiger partial charge in [-0.1, -0.05) is 0 Å². The number of aromatic nitrogens is 2. The molecule has 1 fully saturated rings. The van der Waals surface area contributed by atoms with Crippen LogP contribution in [0.3, 0.4) is 0 Å². The van der Waals surface area contributed by atoms with Gasteiger partial charge in [-0.25, -0.2) is 18.2 Å². The summed E-state index contributed by atoms with van der Waals surface area (Å²) in [7, 11) is -0.597. The largest absolute Gasteiger partial charge is 0.467 e. The average Bonchev–Trinajstić information content (AvgIpc) is 3.30. The number of carbonyl (C=O) groups excluding carboxylic acids is 1.